The molecule has 6 nitrogen and oxygen atoms in total. The van der Waals surface area contributed by atoms with Crippen molar-refractivity contribution in [3.63, 3.8) is 0 Å². The molecular weight excluding hydrogens is 238 g/mol. The molecule has 6 heteroatoms. The van der Waals surface area contributed by atoms with Gasteiger partial charge < -0.3 is 19.9 Å². The molecule has 0 radical (unpaired) electrons. The molecule has 0 fully saturated rings. The van der Waals surface area contributed by atoms with E-state index >= 15 is 0 Å². The van der Waals surface area contributed by atoms with Gasteiger partial charge in [-0.3, -0.25) is 9.59 Å². The number of amides is 1. The number of carboxylic acid groups (broad SMARTS) is 1. The monoisotopic (exact) mass is 253 g/mol. The lowest BCUT2D eigenvalue weighted by Crippen LogP contribution is -2.29. The molecule has 0 aliphatic heterocycles. The van der Waals surface area contributed by atoms with Gasteiger partial charge in [-0.15, -0.1) is 0 Å². The van der Waals surface area contributed by atoms with Gasteiger partial charge in [0.2, 0.25) is 0 Å². The van der Waals surface area contributed by atoms with Gasteiger partial charge in [0, 0.05) is 5.56 Å². The number of hydrogen-bond acceptors (Lipinski definition) is 4. The van der Waals surface area contributed by atoms with Crippen LogP contribution in [0.5, 0.6) is 11.5 Å². The maximum absolute atomic E-state index is 11.6. The smallest absolute Gasteiger partial charge is 0.322 e. The third-order valence-corrected chi connectivity index (χ3v) is 2.13. The molecule has 1 rings (SSSR count). The molecule has 0 bridgehead atoms. The second-order valence-corrected chi connectivity index (χ2v) is 3.38. The average Bonchev–Trinajstić information content (AvgIpc) is 2.36. The van der Waals surface area contributed by atoms with Gasteiger partial charge in [-0.25, -0.2) is 0 Å². The molecule has 98 valence electrons. The predicted molar refractivity (Wildman–Crippen MR) is 64.1 cm³/mol. The third-order valence-electron chi connectivity index (χ3n) is 2.13. The Kier molecular flexibility index (Phi) is 4.98. The molecular formula is C12H15NO5. The zero-order valence-electron chi connectivity index (χ0n) is 10.2. The van der Waals surface area contributed by atoms with Crippen LogP contribution in [0.25, 0.3) is 0 Å². The number of carbonyl (C=O) groups excluding carboxylic acids is 1. The molecule has 1 aromatic carbocycles. The molecule has 0 saturated heterocycles. The fraction of sp³-hybridized carbons (Fsp3) is 0.333. The third kappa shape index (κ3) is 3.65. The van der Waals surface area contributed by atoms with Crippen molar-refractivity contribution in [1.29, 1.82) is 0 Å². The maximum Gasteiger partial charge on any atom is 0.322 e. The number of benzene rings is 1. The highest BCUT2D eigenvalue weighted by Crippen LogP contribution is 2.27. The van der Waals surface area contributed by atoms with Crippen LogP contribution in [0.4, 0.5) is 0 Å². The minimum Gasteiger partial charge on any atom is -0.493 e. The van der Waals surface area contributed by atoms with Gasteiger partial charge in [0.05, 0.1) is 13.7 Å². The van der Waals surface area contributed by atoms with Crippen molar-refractivity contribution in [2.75, 3.05) is 20.3 Å². The average molecular weight is 253 g/mol. The molecule has 1 aromatic rings. The molecule has 0 heterocycles. The molecule has 18 heavy (non-hydrogen) atoms. The van der Waals surface area contributed by atoms with Crippen LogP contribution in [0.3, 0.4) is 0 Å². The number of nitrogens with one attached hydrogen (secondary N) is 1. The Labute approximate surface area is 105 Å². The summed E-state index contributed by atoms with van der Waals surface area (Å²) in [4.78, 5) is 22.0. The fourth-order valence-electron chi connectivity index (χ4n) is 1.34. The maximum atomic E-state index is 11.6. The SMILES string of the molecule is CCOc1cc(C(=O)NCC(=O)O)ccc1OC. The number of methoxy groups -OCH3 is 1. The van der Waals surface area contributed by atoms with Crippen LogP contribution in [0.2, 0.25) is 0 Å². The van der Waals surface area contributed by atoms with E-state index < -0.39 is 18.4 Å². The van der Waals surface area contributed by atoms with Crippen molar-refractivity contribution in [2.45, 2.75) is 6.92 Å². The van der Waals surface area contributed by atoms with E-state index in [1.54, 1.807) is 12.1 Å². The summed E-state index contributed by atoms with van der Waals surface area (Å²) >= 11 is 0. The van der Waals surface area contributed by atoms with Gasteiger partial charge in [-0.05, 0) is 25.1 Å². The molecule has 0 spiro atoms. The molecule has 0 aliphatic rings. The van der Waals surface area contributed by atoms with E-state index in [9.17, 15) is 9.59 Å². The first-order valence-electron chi connectivity index (χ1n) is 5.39. The van der Waals surface area contributed by atoms with Crippen molar-refractivity contribution in [3.8, 4) is 11.5 Å². The zero-order valence-corrected chi connectivity index (χ0v) is 10.2. The second-order valence-electron chi connectivity index (χ2n) is 3.38. The lowest BCUT2D eigenvalue weighted by molar-refractivity contribution is -0.135. The van der Waals surface area contributed by atoms with Gasteiger partial charge in [0.15, 0.2) is 11.5 Å². The molecule has 0 atom stereocenters. The summed E-state index contributed by atoms with van der Waals surface area (Å²) in [5.41, 5.74) is 0.320. The summed E-state index contributed by atoms with van der Waals surface area (Å²) in [5.74, 6) is -0.600. The highest BCUT2D eigenvalue weighted by atomic mass is 16.5. The van der Waals surface area contributed by atoms with Crippen LogP contribution >= 0.6 is 0 Å². The standard InChI is InChI=1S/C12H15NO5/c1-3-18-10-6-8(4-5-9(10)17-2)12(16)13-7-11(14)15/h4-6H,3,7H2,1-2H3,(H,13,16)(H,14,15). The Balaban J connectivity index is 2.86. The van der Waals surface area contributed by atoms with E-state index in [0.29, 0.717) is 23.7 Å². The van der Waals surface area contributed by atoms with E-state index in [-0.39, 0.29) is 0 Å². The number of rotatable bonds is 6. The minimum absolute atomic E-state index is 0.320. The van der Waals surface area contributed by atoms with E-state index in [2.05, 4.69) is 5.32 Å². The number of carboxylic acids is 1. The fourth-order valence-corrected chi connectivity index (χ4v) is 1.34. The van der Waals surface area contributed by atoms with E-state index in [1.807, 2.05) is 6.92 Å². The summed E-state index contributed by atoms with van der Waals surface area (Å²) in [6, 6.07) is 4.65. The van der Waals surface area contributed by atoms with E-state index in [0.717, 1.165) is 0 Å². The van der Waals surface area contributed by atoms with Gasteiger partial charge in [0.1, 0.15) is 6.54 Å². The Bertz CT molecular complexity index is 444. The van der Waals surface area contributed by atoms with E-state index in [1.165, 1.54) is 13.2 Å². The van der Waals surface area contributed by atoms with Gasteiger partial charge in [0.25, 0.3) is 5.91 Å². The number of carbonyl (C=O) groups is 2. The van der Waals surface area contributed by atoms with Crippen molar-refractivity contribution in [3.05, 3.63) is 23.8 Å². The molecule has 1 amide bonds. The number of hydrogen-bond donors (Lipinski definition) is 2. The van der Waals surface area contributed by atoms with Crippen LogP contribution in [0.1, 0.15) is 17.3 Å². The Morgan fingerprint density at radius 3 is 2.61 bits per heavy atom. The van der Waals surface area contributed by atoms with Crippen molar-refractivity contribution < 1.29 is 24.2 Å². The van der Waals surface area contributed by atoms with Crippen LogP contribution in [-0.4, -0.2) is 37.2 Å². The van der Waals surface area contributed by atoms with Gasteiger partial charge >= 0.3 is 5.97 Å². The molecule has 0 unspecified atom stereocenters. The molecule has 0 aromatic heterocycles. The lowest BCUT2D eigenvalue weighted by atomic mass is 10.2. The van der Waals surface area contributed by atoms with Crippen LogP contribution in [0, 0.1) is 0 Å². The van der Waals surface area contributed by atoms with Crippen molar-refractivity contribution in [1.82, 2.24) is 5.32 Å². The summed E-state index contributed by atoms with van der Waals surface area (Å²) < 4.78 is 10.4. The summed E-state index contributed by atoms with van der Waals surface area (Å²) in [5, 5.41) is 10.7. The summed E-state index contributed by atoms with van der Waals surface area (Å²) in [6.45, 7) is 1.84. The summed E-state index contributed by atoms with van der Waals surface area (Å²) in [7, 11) is 1.50. The van der Waals surface area contributed by atoms with Gasteiger partial charge in [-0.2, -0.15) is 0 Å². The Morgan fingerprint density at radius 2 is 2.06 bits per heavy atom. The minimum atomic E-state index is -1.10. The predicted octanol–water partition coefficient (Wildman–Crippen LogP) is 0.908. The first kappa shape index (κ1) is 13.8. The topological polar surface area (TPSA) is 84.9 Å². The Morgan fingerprint density at radius 1 is 1.33 bits per heavy atom. The lowest BCUT2D eigenvalue weighted by Gasteiger charge is -2.10. The van der Waals surface area contributed by atoms with E-state index in [4.69, 9.17) is 14.6 Å². The highest BCUT2D eigenvalue weighted by Gasteiger charge is 2.11. The van der Waals surface area contributed by atoms with Crippen LogP contribution in [0.15, 0.2) is 18.2 Å². The first-order chi connectivity index (χ1) is 8.58. The first-order valence-corrected chi connectivity index (χ1v) is 5.39. The quantitative estimate of drug-likeness (QED) is 0.787. The van der Waals surface area contributed by atoms with Crippen molar-refractivity contribution in [2.24, 2.45) is 0 Å². The zero-order chi connectivity index (χ0) is 13.5. The summed E-state index contributed by atoms with van der Waals surface area (Å²) in [6.07, 6.45) is 0. The van der Waals surface area contributed by atoms with Crippen molar-refractivity contribution >= 4 is 11.9 Å². The van der Waals surface area contributed by atoms with Crippen LogP contribution < -0.4 is 14.8 Å². The Hall–Kier alpha value is -2.24. The molecule has 0 saturated carbocycles. The molecule has 0 aliphatic carbocycles. The molecule has 2 N–H and O–H groups in total. The second kappa shape index (κ2) is 6.48. The van der Waals surface area contributed by atoms with Crippen LogP contribution in [-0.2, 0) is 4.79 Å². The normalized spacial score (nSPS) is 9.67. The number of aliphatic carboxylic acids is 1. The number of ether oxygens (including phenoxy) is 2. The van der Waals surface area contributed by atoms with Gasteiger partial charge in [-0.1, -0.05) is 0 Å². The highest BCUT2D eigenvalue weighted by molar-refractivity contribution is 5.96. The largest absolute Gasteiger partial charge is 0.493 e.